The first-order valence-corrected chi connectivity index (χ1v) is 7.87. The van der Waals surface area contributed by atoms with E-state index in [4.69, 9.17) is 9.84 Å². The molecule has 6 nitrogen and oxygen atoms in total. The van der Waals surface area contributed by atoms with Crippen LogP contribution in [-0.2, 0) is 9.53 Å². The minimum Gasteiger partial charge on any atom is -0.481 e. The molecule has 0 aromatic carbocycles. The zero-order valence-electron chi connectivity index (χ0n) is 12.5. The van der Waals surface area contributed by atoms with E-state index in [9.17, 15) is 9.59 Å². The Balaban J connectivity index is 1.50. The normalized spacial score (nSPS) is 36.0. The number of ether oxygens (including phenoxy) is 1. The lowest BCUT2D eigenvalue weighted by Crippen LogP contribution is -2.46. The molecule has 1 aliphatic carbocycles. The van der Waals surface area contributed by atoms with E-state index in [0.29, 0.717) is 32.0 Å². The highest BCUT2D eigenvalue weighted by molar-refractivity contribution is 5.77. The second-order valence-corrected chi connectivity index (χ2v) is 6.96. The van der Waals surface area contributed by atoms with E-state index in [2.05, 4.69) is 12.2 Å². The van der Waals surface area contributed by atoms with Crippen LogP contribution in [0.5, 0.6) is 0 Å². The summed E-state index contributed by atoms with van der Waals surface area (Å²) in [4.78, 5) is 24.7. The molecule has 0 aromatic rings. The number of hydrogen-bond acceptors (Lipinski definition) is 3. The molecular weight excluding hydrogens is 272 g/mol. The minimum atomic E-state index is -0.810. The van der Waals surface area contributed by atoms with Crippen molar-refractivity contribution in [1.29, 1.82) is 0 Å². The van der Waals surface area contributed by atoms with Crippen molar-refractivity contribution in [2.24, 2.45) is 17.3 Å². The number of aliphatic carboxylic acids is 1. The number of urea groups is 1. The summed E-state index contributed by atoms with van der Waals surface area (Å²) in [7, 11) is 0. The Morgan fingerprint density at radius 3 is 2.76 bits per heavy atom. The van der Waals surface area contributed by atoms with Crippen molar-refractivity contribution >= 4 is 12.0 Å². The van der Waals surface area contributed by atoms with E-state index in [0.717, 1.165) is 13.0 Å². The van der Waals surface area contributed by atoms with Crippen LogP contribution in [0, 0.1) is 17.3 Å². The van der Waals surface area contributed by atoms with E-state index in [1.165, 1.54) is 12.8 Å². The number of likely N-dealkylation sites (tertiary alicyclic amines) is 1. The molecule has 3 fully saturated rings. The summed E-state index contributed by atoms with van der Waals surface area (Å²) in [6, 6.07) is -0.138. The van der Waals surface area contributed by atoms with Crippen molar-refractivity contribution < 1.29 is 19.4 Å². The average Bonchev–Trinajstić information content (AvgIpc) is 3.01. The molecule has 6 heteroatoms. The van der Waals surface area contributed by atoms with Crippen molar-refractivity contribution in [1.82, 2.24) is 10.2 Å². The third kappa shape index (κ3) is 3.00. The molecule has 3 unspecified atom stereocenters. The van der Waals surface area contributed by atoms with Crippen LogP contribution in [0.25, 0.3) is 0 Å². The highest BCUT2D eigenvalue weighted by atomic mass is 16.5. The van der Waals surface area contributed by atoms with Gasteiger partial charge in [0, 0.05) is 31.7 Å². The zero-order valence-corrected chi connectivity index (χ0v) is 12.5. The largest absolute Gasteiger partial charge is 0.481 e. The van der Waals surface area contributed by atoms with E-state index in [1.807, 2.05) is 0 Å². The lowest BCUT2D eigenvalue weighted by Gasteiger charge is -2.31. The lowest BCUT2D eigenvalue weighted by atomic mass is 9.81. The van der Waals surface area contributed by atoms with Crippen LogP contribution >= 0.6 is 0 Å². The molecule has 1 saturated carbocycles. The summed E-state index contributed by atoms with van der Waals surface area (Å²) in [6.45, 7) is 4.43. The summed E-state index contributed by atoms with van der Waals surface area (Å²) in [6.07, 6.45) is 4.27. The van der Waals surface area contributed by atoms with Gasteiger partial charge in [-0.05, 0) is 31.6 Å². The molecule has 21 heavy (non-hydrogen) atoms. The molecule has 0 radical (unpaired) electrons. The number of rotatable bonds is 4. The van der Waals surface area contributed by atoms with E-state index in [1.54, 1.807) is 4.90 Å². The Kier molecular flexibility index (Phi) is 3.82. The molecule has 2 heterocycles. The molecule has 3 rings (SSSR count). The van der Waals surface area contributed by atoms with Crippen molar-refractivity contribution in [2.45, 2.75) is 38.7 Å². The maximum atomic E-state index is 12.2. The standard InChI is InChI=1S/C15H24N2O4/c1-15(5-7-21-12(15)10-2-3-10)9-16-14(20)17-6-4-11(8-17)13(18)19/h10-12H,2-9H2,1H3,(H,16,20)(H,18,19). The number of carbonyl (C=O) groups is 2. The third-order valence-electron chi connectivity index (χ3n) is 5.18. The molecule has 2 saturated heterocycles. The smallest absolute Gasteiger partial charge is 0.317 e. The van der Waals surface area contributed by atoms with Gasteiger partial charge in [-0.15, -0.1) is 0 Å². The maximum Gasteiger partial charge on any atom is 0.317 e. The van der Waals surface area contributed by atoms with Crippen LogP contribution in [0.2, 0.25) is 0 Å². The van der Waals surface area contributed by atoms with Gasteiger partial charge in [-0.1, -0.05) is 6.92 Å². The first-order valence-electron chi connectivity index (χ1n) is 7.87. The Labute approximate surface area is 124 Å². The van der Waals surface area contributed by atoms with Crippen LogP contribution in [0.1, 0.15) is 32.6 Å². The molecule has 0 spiro atoms. The minimum absolute atomic E-state index is 0.0166. The molecule has 2 aliphatic heterocycles. The molecule has 3 aliphatic rings. The Hall–Kier alpha value is -1.30. The van der Waals surface area contributed by atoms with Gasteiger partial charge in [0.2, 0.25) is 0 Å². The predicted octanol–water partition coefficient (Wildman–Crippen LogP) is 1.31. The van der Waals surface area contributed by atoms with Crippen LogP contribution in [0.15, 0.2) is 0 Å². The lowest BCUT2D eigenvalue weighted by molar-refractivity contribution is -0.141. The maximum absolute atomic E-state index is 12.2. The van der Waals surface area contributed by atoms with Gasteiger partial charge in [0.05, 0.1) is 12.0 Å². The molecule has 3 atom stereocenters. The predicted molar refractivity (Wildman–Crippen MR) is 75.9 cm³/mol. The van der Waals surface area contributed by atoms with Crippen molar-refractivity contribution in [3.8, 4) is 0 Å². The van der Waals surface area contributed by atoms with Gasteiger partial charge in [-0.25, -0.2) is 4.79 Å². The van der Waals surface area contributed by atoms with Gasteiger partial charge in [-0.3, -0.25) is 4.79 Å². The molecular formula is C15H24N2O4. The first-order chi connectivity index (χ1) is 9.99. The Bertz CT molecular complexity index is 437. The number of hydrogen-bond donors (Lipinski definition) is 2. The van der Waals surface area contributed by atoms with E-state index >= 15 is 0 Å². The SMILES string of the molecule is CC1(CNC(=O)N2CCC(C(=O)O)C2)CCOC1C1CC1. The topological polar surface area (TPSA) is 78.9 Å². The van der Waals surface area contributed by atoms with Crippen molar-refractivity contribution in [3.05, 3.63) is 0 Å². The number of carbonyl (C=O) groups excluding carboxylic acids is 1. The fourth-order valence-electron chi connectivity index (χ4n) is 3.59. The number of amides is 2. The van der Waals surface area contributed by atoms with Gasteiger partial charge >= 0.3 is 12.0 Å². The van der Waals surface area contributed by atoms with Gasteiger partial charge in [0.25, 0.3) is 0 Å². The monoisotopic (exact) mass is 296 g/mol. The van der Waals surface area contributed by atoms with E-state index < -0.39 is 11.9 Å². The quantitative estimate of drug-likeness (QED) is 0.820. The van der Waals surface area contributed by atoms with Gasteiger partial charge in [-0.2, -0.15) is 0 Å². The number of nitrogens with zero attached hydrogens (tertiary/aromatic N) is 1. The summed E-state index contributed by atoms with van der Waals surface area (Å²) in [5, 5.41) is 12.0. The number of carboxylic acid groups (broad SMARTS) is 1. The molecule has 118 valence electrons. The molecule has 2 amide bonds. The second-order valence-electron chi connectivity index (χ2n) is 6.96. The average molecular weight is 296 g/mol. The van der Waals surface area contributed by atoms with E-state index in [-0.39, 0.29) is 17.6 Å². The molecule has 2 N–H and O–H groups in total. The first kappa shape index (κ1) is 14.6. The molecule has 0 aromatic heterocycles. The fraction of sp³-hybridized carbons (Fsp3) is 0.867. The summed E-state index contributed by atoms with van der Waals surface area (Å²) in [5.74, 6) is -0.562. The Morgan fingerprint density at radius 1 is 1.38 bits per heavy atom. The summed E-state index contributed by atoms with van der Waals surface area (Å²) < 4.78 is 5.86. The zero-order chi connectivity index (χ0) is 15.0. The third-order valence-corrected chi connectivity index (χ3v) is 5.18. The number of carboxylic acids is 1. The summed E-state index contributed by atoms with van der Waals surface area (Å²) in [5.41, 5.74) is 0.0166. The highest BCUT2D eigenvalue weighted by Gasteiger charge is 2.48. The highest BCUT2D eigenvalue weighted by Crippen LogP contribution is 2.47. The Morgan fingerprint density at radius 2 is 2.14 bits per heavy atom. The number of nitrogens with one attached hydrogen (secondary N) is 1. The fourth-order valence-corrected chi connectivity index (χ4v) is 3.59. The van der Waals surface area contributed by atoms with Crippen LogP contribution in [0.3, 0.4) is 0 Å². The summed E-state index contributed by atoms with van der Waals surface area (Å²) >= 11 is 0. The van der Waals surface area contributed by atoms with Gasteiger partial charge in [0.1, 0.15) is 0 Å². The van der Waals surface area contributed by atoms with Crippen LogP contribution in [-0.4, -0.2) is 54.4 Å². The van der Waals surface area contributed by atoms with Crippen LogP contribution < -0.4 is 5.32 Å². The second kappa shape index (κ2) is 5.48. The van der Waals surface area contributed by atoms with Gasteiger partial charge in [0.15, 0.2) is 0 Å². The molecule has 0 bridgehead atoms. The van der Waals surface area contributed by atoms with Gasteiger partial charge < -0.3 is 20.1 Å². The van der Waals surface area contributed by atoms with Crippen molar-refractivity contribution in [3.63, 3.8) is 0 Å². The van der Waals surface area contributed by atoms with Crippen molar-refractivity contribution in [2.75, 3.05) is 26.2 Å². The van der Waals surface area contributed by atoms with Crippen LogP contribution in [0.4, 0.5) is 4.79 Å².